The Morgan fingerprint density at radius 3 is 2.00 bits per heavy atom. The van der Waals surface area contributed by atoms with Crippen molar-refractivity contribution in [2.75, 3.05) is 10.2 Å². The molecule has 0 saturated carbocycles. The second-order valence-electron chi connectivity index (χ2n) is 21.9. The molecule has 0 spiro atoms. The van der Waals surface area contributed by atoms with Crippen LogP contribution in [-0.2, 0) is 28.1 Å². The molecule has 0 unspecified atom stereocenters. The van der Waals surface area contributed by atoms with Gasteiger partial charge in [0.1, 0.15) is 0 Å². The summed E-state index contributed by atoms with van der Waals surface area (Å²) in [5.41, 5.74) is 27.0. The number of nitrogens with one attached hydrogen (secondary N) is 1. The fourth-order valence-electron chi connectivity index (χ4n) is 12.4. The lowest BCUT2D eigenvalue weighted by atomic mass is 9.55. The molecule has 0 aromatic heterocycles. The number of anilines is 5. The van der Waals surface area contributed by atoms with Crippen molar-refractivity contribution >= 4 is 46.6 Å². The SMILES string of the molecule is CCCCCc1cc(-c2ccc(-c3ccccc3)cc2Nc2cccc3c2C(C)(C)c2ccccc2-3)c2c(c1)N1c3cc4c(cc3C(C)(C)c3cccc(c31)B2)C(C)(C)CCC4(C)C. The average Bonchev–Trinajstić information content (AvgIpc) is 3.53. The topological polar surface area (TPSA) is 15.3 Å². The van der Waals surface area contributed by atoms with E-state index >= 15 is 0 Å². The Hall–Kier alpha value is -5.80. The Kier molecular flexibility index (Phi) is 9.35. The lowest BCUT2D eigenvalue weighted by Gasteiger charge is -2.49. The summed E-state index contributed by atoms with van der Waals surface area (Å²) in [6.45, 7) is 21.9. The maximum absolute atomic E-state index is 4.18. The number of aryl methyl sites for hydroxylation is 1. The second kappa shape index (κ2) is 14.6. The zero-order chi connectivity index (χ0) is 44.3. The normalized spacial score (nSPS) is 17.2. The van der Waals surface area contributed by atoms with E-state index in [1.54, 1.807) is 0 Å². The van der Waals surface area contributed by atoms with Crippen LogP contribution in [0.3, 0.4) is 0 Å². The van der Waals surface area contributed by atoms with Gasteiger partial charge in [-0.15, -0.1) is 0 Å². The summed E-state index contributed by atoms with van der Waals surface area (Å²) in [5.74, 6) is 0. The van der Waals surface area contributed by atoms with Crippen molar-refractivity contribution in [3.8, 4) is 33.4 Å². The molecule has 0 atom stereocenters. The number of fused-ring (bicyclic) bond motifs is 8. The monoisotopic (exact) mass is 835 g/mol. The van der Waals surface area contributed by atoms with E-state index in [0.717, 1.165) is 19.4 Å². The van der Waals surface area contributed by atoms with Gasteiger partial charge in [-0.25, -0.2) is 0 Å². The van der Waals surface area contributed by atoms with Crippen molar-refractivity contribution in [2.24, 2.45) is 0 Å². The molecule has 2 aliphatic heterocycles. The Labute approximate surface area is 383 Å². The van der Waals surface area contributed by atoms with Crippen molar-refractivity contribution < 1.29 is 0 Å². The Morgan fingerprint density at radius 1 is 0.516 bits per heavy atom. The first kappa shape index (κ1) is 40.9. The number of benzene rings is 7. The molecule has 11 rings (SSSR count). The molecular formula is C61H63BN2. The average molecular weight is 835 g/mol. The molecule has 0 fully saturated rings. The largest absolute Gasteiger partial charge is 0.355 e. The molecule has 320 valence electrons. The van der Waals surface area contributed by atoms with Crippen LogP contribution in [0.15, 0.2) is 133 Å². The standard InChI is InChI=1S/C61H63BN2/c1-10-11-13-20-38-33-44(42-30-29-40(39-21-14-12-15-22-39)35-52(42)63-51-28-18-24-43-41-23-16-17-25-45(41)61(8,9)55(43)51)56-54(34-38)64-53-37-48-47(58(2,3)31-32-59(48,4)5)36-49(53)60(6,7)46-26-19-27-50(62-56)57(46)64/h12,14-19,21-30,33-37,62-63H,10-11,13,20,31-32H2,1-9H3. The lowest BCUT2D eigenvalue weighted by Crippen LogP contribution is -2.46. The second-order valence-corrected chi connectivity index (χ2v) is 21.9. The molecular weight excluding hydrogens is 771 g/mol. The van der Waals surface area contributed by atoms with Crippen molar-refractivity contribution in [1.29, 1.82) is 0 Å². The van der Waals surface area contributed by atoms with Crippen LogP contribution in [-0.4, -0.2) is 7.28 Å². The van der Waals surface area contributed by atoms with E-state index in [-0.39, 0.29) is 21.7 Å². The summed E-state index contributed by atoms with van der Waals surface area (Å²) in [6.07, 6.45) is 7.08. The van der Waals surface area contributed by atoms with Crippen LogP contribution in [0.4, 0.5) is 28.4 Å². The van der Waals surface area contributed by atoms with Crippen LogP contribution >= 0.6 is 0 Å². The van der Waals surface area contributed by atoms with E-state index in [0.29, 0.717) is 0 Å². The van der Waals surface area contributed by atoms with Crippen LogP contribution in [0.25, 0.3) is 33.4 Å². The van der Waals surface area contributed by atoms with E-state index in [9.17, 15) is 0 Å². The molecule has 2 nitrogen and oxygen atoms in total. The first-order valence-corrected chi connectivity index (χ1v) is 24.2. The molecule has 0 amide bonds. The smallest absolute Gasteiger partial charge is 0.198 e. The molecule has 2 aliphatic carbocycles. The number of nitrogens with zero attached hydrogens (tertiary/aromatic N) is 1. The van der Waals surface area contributed by atoms with Gasteiger partial charge in [-0.1, -0.05) is 190 Å². The van der Waals surface area contributed by atoms with Gasteiger partial charge in [-0.3, -0.25) is 0 Å². The summed E-state index contributed by atoms with van der Waals surface area (Å²) in [6, 6.07) is 51.5. The minimum absolute atomic E-state index is 0.101. The predicted octanol–water partition coefficient (Wildman–Crippen LogP) is 15.0. The van der Waals surface area contributed by atoms with E-state index < -0.39 is 0 Å². The van der Waals surface area contributed by atoms with Gasteiger partial charge in [-0.05, 0) is 133 Å². The molecule has 1 N–H and O–H groups in total. The Balaban J connectivity index is 1.16. The fraction of sp³-hybridized carbons (Fsp3) is 0.311. The first-order valence-electron chi connectivity index (χ1n) is 24.2. The van der Waals surface area contributed by atoms with E-state index in [1.807, 2.05) is 0 Å². The van der Waals surface area contributed by atoms with Gasteiger partial charge in [0.25, 0.3) is 0 Å². The molecule has 7 aromatic carbocycles. The minimum atomic E-state index is -0.148. The third kappa shape index (κ3) is 6.20. The summed E-state index contributed by atoms with van der Waals surface area (Å²) in [7, 11) is 0.886. The van der Waals surface area contributed by atoms with Gasteiger partial charge in [0.15, 0.2) is 7.28 Å². The zero-order valence-electron chi connectivity index (χ0n) is 39.6. The lowest BCUT2D eigenvalue weighted by molar-refractivity contribution is 0.331. The van der Waals surface area contributed by atoms with Gasteiger partial charge in [-0.2, -0.15) is 0 Å². The molecule has 7 aromatic rings. The van der Waals surface area contributed by atoms with Gasteiger partial charge in [0, 0.05) is 39.1 Å². The Bertz CT molecular complexity index is 3020. The summed E-state index contributed by atoms with van der Waals surface area (Å²) < 4.78 is 0. The van der Waals surface area contributed by atoms with Crippen molar-refractivity contribution in [3.05, 3.63) is 172 Å². The molecule has 3 heteroatoms. The maximum atomic E-state index is 4.18. The van der Waals surface area contributed by atoms with Gasteiger partial charge < -0.3 is 10.2 Å². The highest BCUT2D eigenvalue weighted by Gasteiger charge is 2.45. The zero-order valence-corrected chi connectivity index (χ0v) is 39.6. The highest BCUT2D eigenvalue weighted by molar-refractivity contribution is 6.73. The number of unbranched alkanes of at least 4 members (excludes halogenated alkanes) is 2. The van der Waals surface area contributed by atoms with Crippen LogP contribution < -0.4 is 21.1 Å². The van der Waals surface area contributed by atoms with Gasteiger partial charge in [0.2, 0.25) is 0 Å². The summed E-state index contributed by atoms with van der Waals surface area (Å²) in [5, 5.41) is 4.18. The Morgan fingerprint density at radius 2 is 1.22 bits per heavy atom. The van der Waals surface area contributed by atoms with Gasteiger partial charge in [0.05, 0.1) is 5.69 Å². The molecule has 0 bridgehead atoms. The molecule has 2 heterocycles. The molecule has 0 saturated heterocycles. The predicted molar refractivity (Wildman–Crippen MR) is 276 cm³/mol. The molecule has 4 aliphatic rings. The first-order chi connectivity index (χ1) is 30.7. The van der Waals surface area contributed by atoms with E-state index in [4.69, 9.17) is 0 Å². The van der Waals surface area contributed by atoms with Crippen LogP contribution in [0, 0.1) is 0 Å². The van der Waals surface area contributed by atoms with Crippen molar-refractivity contribution in [2.45, 2.75) is 122 Å². The third-order valence-corrected chi connectivity index (χ3v) is 16.1. The summed E-state index contributed by atoms with van der Waals surface area (Å²) in [4.78, 5) is 2.73. The fourth-order valence-corrected chi connectivity index (χ4v) is 12.4. The highest BCUT2D eigenvalue weighted by atomic mass is 15.2. The number of hydrogen-bond donors (Lipinski definition) is 1. The van der Waals surface area contributed by atoms with Crippen molar-refractivity contribution in [1.82, 2.24) is 0 Å². The van der Waals surface area contributed by atoms with Crippen molar-refractivity contribution in [3.63, 3.8) is 0 Å². The number of hydrogen-bond acceptors (Lipinski definition) is 2. The van der Waals surface area contributed by atoms with E-state index in [2.05, 4.69) is 206 Å². The number of para-hydroxylation sites is 1. The third-order valence-electron chi connectivity index (χ3n) is 16.1. The molecule has 0 radical (unpaired) electrons. The van der Waals surface area contributed by atoms with Crippen LogP contribution in [0.5, 0.6) is 0 Å². The van der Waals surface area contributed by atoms with Gasteiger partial charge >= 0.3 is 0 Å². The molecule has 64 heavy (non-hydrogen) atoms. The van der Waals surface area contributed by atoms with Crippen LogP contribution in [0.1, 0.15) is 133 Å². The maximum Gasteiger partial charge on any atom is 0.198 e. The highest BCUT2D eigenvalue weighted by Crippen LogP contribution is 2.57. The summed E-state index contributed by atoms with van der Waals surface area (Å²) >= 11 is 0. The van der Waals surface area contributed by atoms with Crippen LogP contribution in [0.2, 0.25) is 0 Å². The van der Waals surface area contributed by atoms with E-state index in [1.165, 1.54) is 138 Å². The minimum Gasteiger partial charge on any atom is -0.355 e. The quantitative estimate of drug-likeness (QED) is 0.121. The number of rotatable bonds is 8.